The molecule has 11 heteroatoms. The maximum atomic E-state index is 12.1. The fraction of sp³-hybridized carbons (Fsp3) is 0.214. The van der Waals surface area contributed by atoms with Gasteiger partial charge in [-0.1, -0.05) is 0 Å². The lowest BCUT2D eigenvalue weighted by molar-refractivity contribution is -0.386. The number of hydrogen-bond donors (Lipinski definition) is 1. The number of hydrogen-bond acceptors (Lipinski definition) is 7. The molecule has 1 amide bonds. The number of amides is 1. The SMILES string of the molecule is Cc1nn(CC(=O)Nc2ccc([N+](=O)[O-])cc2C#N)c(C)c1[N+](=O)[O-]. The van der Waals surface area contributed by atoms with Crippen LogP contribution in [0.3, 0.4) is 0 Å². The Balaban J connectivity index is 2.22. The van der Waals surface area contributed by atoms with Crippen LogP contribution < -0.4 is 5.32 Å². The number of aryl methyl sites for hydroxylation is 1. The van der Waals surface area contributed by atoms with Crippen molar-refractivity contribution in [3.63, 3.8) is 0 Å². The van der Waals surface area contributed by atoms with Crippen LogP contribution >= 0.6 is 0 Å². The molecule has 0 atom stereocenters. The molecule has 11 nitrogen and oxygen atoms in total. The van der Waals surface area contributed by atoms with Gasteiger partial charge in [-0.2, -0.15) is 10.4 Å². The van der Waals surface area contributed by atoms with Crippen molar-refractivity contribution in [2.75, 3.05) is 5.32 Å². The third-order valence-corrected chi connectivity index (χ3v) is 3.43. The minimum absolute atomic E-state index is 0.0677. The highest BCUT2D eigenvalue weighted by Crippen LogP contribution is 2.23. The van der Waals surface area contributed by atoms with Crippen LogP contribution in [0, 0.1) is 45.4 Å². The monoisotopic (exact) mass is 344 g/mol. The number of rotatable bonds is 5. The van der Waals surface area contributed by atoms with Crippen molar-refractivity contribution in [2.45, 2.75) is 20.4 Å². The molecular formula is C14H12N6O5. The molecule has 0 aliphatic rings. The van der Waals surface area contributed by atoms with Gasteiger partial charge in [0.1, 0.15) is 24.0 Å². The van der Waals surface area contributed by atoms with Crippen molar-refractivity contribution in [3.05, 3.63) is 55.4 Å². The number of anilines is 1. The summed E-state index contributed by atoms with van der Waals surface area (Å²) in [6, 6.07) is 5.22. The van der Waals surface area contributed by atoms with Crippen LogP contribution in [0.2, 0.25) is 0 Å². The molecule has 1 aromatic carbocycles. The Labute approximate surface area is 140 Å². The van der Waals surface area contributed by atoms with E-state index in [0.29, 0.717) is 0 Å². The van der Waals surface area contributed by atoms with E-state index in [9.17, 15) is 25.0 Å². The summed E-state index contributed by atoms with van der Waals surface area (Å²) in [7, 11) is 0. The summed E-state index contributed by atoms with van der Waals surface area (Å²) < 4.78 is 1.18. The van der Waals surface area contributed by atoms with Gasteiger partial charge in [0, 0.05) is 12.1 Å². The van der Waals surface area contributed by atoms with Gasteiger partial charge >= 0.3 is 5.69 Å². The Morgan fingerprint density at radius 1 is 1.32 bits per heavy atom. The molecule has 0 spiro atoms. The number of nitro groups is 2. The second kappa shape index (κ2) is 6.75. The minimum Gasteiger partial charge on any atom is -0.323 e. The highest BCUT2D eigenvalue weighted by Gasteiger charge is 2.23. The standard InChI is InChI=1S/C14H12N6O5/c1-8-14(20(24)25)9(2)18(17-8)7-13(21)16-12-4-3-11(19(22)23)5-10(12)6-15/h3-5H,7H2,1-2H3,(H,16,21). The highest BCUT2D eigenvalue weighted by molar-refractivity contribution is 5.92. The summed E-state index contributed by atoms with van der Waals surface area (Å²) in [6.45, 7) is 2.63. The number of aromatic nitrogens is 2. The topological polar surface area (TPSA) is 157 Å². The molecule has 0 saturated carbocycles. The molecule has 0 unspecified atom stereocenters. The van der Waals surface area contributed by atoms with Crippen molar-refractivity contribution in [1.82, 2.24) is 9.78 Å². The molecule has 25 heavy (non-hydrogen) atoms. The fourth-order valence-electron chi connectivity index (χ4n) is 2.28. The Morgan fingerprint density at radius 2 is 2.00 bits per heavy atom. The highest BCUT2D eigenvalue weighted by atomic mass is 16.6. The van der Waals surface area contributed by atoms with Crippen molar-refractivity contribution in [2.24, 2.45) is 0 Å². The summed E-state index contributed by atoms with van der Waals surface area (Å²) in [5, 5.41) is 37.1. The van der Waals surface area contributed by atoms with E-state index in [-0.39, 0.29) is 40.6 Å². The number of carbonyl (C=O) groups is 1. The van der Waals surface area contributed by atoms with E-state index in [4.69, 9.17) is 5.26 Å². The van der Waals surface area contributed by atoms with Gasteiger partial charge in [-0.15, -0.1) is 0 Å². The maximum absolute atomic E-state index is 12.1. The zero-order valence-corrected chi connectivity index (χ0v) is 13.2. The third kappa shape index (κ3) is 3.58. The lowest BCUT2D eigenvalue weighted by Crippen LogP contribution is -2.21. The van der Waals surface area contributed by atoms with Crippen molar-refractivity contribution in [3.8, 4) is 6.07 Å². The van der Waals surface area contributed by atoms with Gasteiger partial charge in [-0.25, -0.2) is 0 Å². The largest absolute Gasteiger partial charge is 0.323 e. The number of nitro benzene ring substituents is 1. The van der Waals surface area contributed by atoms with E-state index in [1.165, 1.54) is 24.6 Å². The summed E-state index contributed by atoms with van der Waals surface area (Å²) in [5.41, 5.74) is 0.00537. The number of benzene rings is 1. The zero-order valence-electron chi connectivity index (χ0n) is 13.2. The van der Waals surface area contributed by atoms with E-state index in [1.807, 2.05) is 0 Å². The third-order valence-electron chi connectivity index (χ3n) is 3.43. The van der Waals surface area contributed by atoms with E-state index < -0.39 is 15.8 Å². The van der Waals surface area contributed by atoms with Crippen molar-refractivity contribution < 1.29 is 14.6 Å². The molecule has 2 aromatic rings. The summed E-state index contributed by atoms with van der Waals surface area (Å²) in [4.78, 5) is 32.6. The predicted molar refractivity (Wildman–Crippen MR) is 84.8 cm³/mol. The van der Waals surface area contributed by atoms with Crippen molar-refractivity contribution in [1.29, 1.82) is 5.26 Å². The first-order valence-electron chi connectivity index (χ1n) is 6.91. The second-order valence-electron chi connectivity index (χ2n) is 5.08. The van der Waals surface area contributed by atoms with Gasteiger partial charge in [0.15, 0.2) is 0 Å². The van der Waals surface area contributed by atoms with E-state index in [1.54, 1.807) is 6.07 Å². The fourth-order valence-corrected chi connectivity index (χ4v) is 2.28. The van der Waals surface area contributed by atoms with Crippen LogP contribution in [-0.2, 0) is 11.3 Å². The molecule has 0 aliphatic carbocycles. The molecular weight excluding hydrogens is 332 g/mol. The van der Waals surface area contributed by atoms with Gasteiger partial charge in [0.2, 0.25) is 5.91 Å². The van der Waals surface area contributed by atoms with Gasteiger partial charge in [0.25, 0.3) is 5.69 Å². The molecule has 0 saturated heterocycles. The average Bonchev–Trinajstić information content (AvgIpc) is 2.81. The van der Waals surface area contributed by atoms with E-state index in [2.05, 4.69) is 10.4 Å². The van der Waals surface area contributed by atoms with Crippen LogP contribution in [0.5, 0.6) is 0 Å². The summed E-state index contributed by atoms with van der Waals surface area (Å²) in [5.74, 6) is -0.578. The molecule has 1 heterocycles. The molecule has 1 aromatic heterocycles. The number of carbonyl (C=O) groups excluding carboxylic acids is 1. The number of nitrogens with zero attached hydrogens (tertiary/aromatic N) is 5. The minimum atomic E-state index is -0.651. The lowest BCUT2D eigenvalue weighted by atomic mass is 10.1. The first-order chi connectivity index (χ1) is 11.7. The molecule has 2 rings (SSSR count). The Morgan fingerprint density at radius 3 is 2.52 bits per heavy atom. The van der Waals surface area contributed by atoms with Crippen molar-refractivity contribution >= 4 is 23.0 Å². The number of nitriles is 1. The quantitative estimate of drug-likeness (QED) is 0.640. The molecule has 1 N–H and O–H groups in total. The van der Waals surface area contributed by atoms with Crippen LogP contribution in [0.25, 0.3) is 0 Å². The van der Waals surface area contributed by atoms with E-state index >= 15 is 0 Å². The van der Waals surface area contributed by atoms with Gasteiger partial charge in [-0.3, -0.25) is 29.7 Å². The zero-order chi connectivity index (χ0) is 18.7. The normalized spacial score (nSPS) is 10.1. The van der Waals surface area contributed by atoms with Gasteiger partial charge in [0.05, 0.1) is 21.1 Å². The Hall–Kier alpha value is -3.81. The van der Waals surface area contributed by atoms with Gasteiger partial charge < -0.3 is 5.32 Å². The maximum Gasteiger partial charge on any atom is 0.312 e. The number of nitrogens with one attached hydrogen (secondary N) is 1. The summed E-state index contributed by atoms with van der Waals surface area (Å²) >= 11 is 0. The molecule has 0 radical (unpaired) electrons. The number of non-ortho nitro benzene ring substituents is 1. The van der Waals surface area contributed by atoms with Crippen LogP contribution in [0.15, 0.2) is 18.2 Å². The molecule has 128 valence electrons. The Bertz CT molecular complexity index is 927. The first-order valence-corrected chi connectivity index (χ1v) is 6.91. The lowest BCUT2D eigenvalue weighted by Gasteiger charge is -2.08. The molecule has 0 bridgehead atoms. The van der Waals surface area contributed by atoms with Crippen LogP contribution in [-0.4, -0.2) is 25.5 Å². The summed E-state index contributed by atoms with van der Waals surface area (Å²) in [6.07, 6.45) is 0. The van der Waals surface area contributed by atoms with Crippen LogP contribution in [0.4, 0.5) is 17.1 Å². The van der Waals surface area contributed by atoms with Crippen LogP contribution in [0.1, 0.15) is 17.0 Å². The Kier molecular flexibility index (Phi) is 4.74. The van der Waals surface area contributed by atoms with E-state index in [0.717, 1.165) is 12.1 Å². The molecule has 0 aliphatic heterocycles. The second-order valence-corrected chi connectivity index (χ2v) is 5.08. The first kappa shape index (κ1) is 17.5. The van der Waals surface area contributed by atoms with Gasteiger partial charge in [-0.05, 0) is 19.9 Å². The predicted octanol–water partition coefficient (Wildman–Crippen LogP) is 1.83. The average molecular weight is 344 g/mol. The molecule has 0 fully saturated rings. The smallest absolute Gasteiger partial charge is 0.312 e.